The molecule has 0 bridgehead atoms. The number of hydrogen-bond donors (Lipinski definition) is 0. The summed E-state index contributed by atoms with van der Waals surface area (Å²) in [6, 6.07) is 0. The first-order valence-electron chi connectivity index (χ1n) is 2.90. The number of hydrogen-bond acceptors (Lipinski definition) is 2. The Bertz CT molecular complexity index is 105. The molecular formula is C8H10CuO2. The zero-order valence-electron chi connectivity index (χ0n) is 6.53. The van der Waals surface area contributed by atoms with Crippen LogP contribution in [-0.4, -0.2) is 13.2 Å². The van der Waals surface area contributed by atoms with Gasteiger partial charge in [-0.2, -0.15) is 0 Å². The quantitative estimate of drug-likeness (QED) is 0.379. The van der Waals surface area contributed by atoms with Gasteiger partial charge in [-0.1, -0.05) is 0 Å². The summed E-state index contributed by atoms with van der Waals surface area (Å²) in [4.78, 5) is 0. The Labute approximate surface area is 79.1 Å². The SMILES string of the molecule is [C-]#COCC.[C-]#COCC.[Cu+2]. The van der Waals surface area contributed by atoms with Gasteiger partial charge in [0.05, 0.1) is 13.2 Å². The average Bonchev–Trinajstić information content (AvgIpc) is 1.93. The van der Waals surface area contributed by atoms with E-state index >= 15 is 0 Å². The number of ether oxygens (including phenoxy) is 2. The third-order valence-corrected chi connectivity index (χ3v) is 0.433. The van der Waals surface area contributed by atoms with Crippen molar-refractivity contribution in [1.29, 1.82) is 0 Å². The fourth-order valence-electron chi connectivity index (χ4n) is 0.144. The Hall–Kier alpha value is -0.761. The standard InChI is InChI=1S/2C4H5O.Cu/c2*1-3-5-4-2;/h2*3H2,1H3;/q2*-1;+2. The maximum Gasteiger partial charge on any atom is 2.00 e. The zero-order valence-corrected chi connectivity index (χ0v) is 7.47. The van der Waals surface area contributed by atoms with Crippen LogP contribution in [0.1, 0.15) is 13.8 Å². The third-order valence-electron chi connectivity index (χ3n) is 0.433. The van der Waals surface area contributed by atoms with Crippen molar-refractivity contribution in [3.05, 3.63) is 12.8 Å². The first-order valence-corrected chi connectivity index (χ1v) is 2.90. The molecule has 0 aliphatic carbocycles. The van der Waals surface area contributed by atoms with E-state index in [-0.39, 0.29) is 17.1 Å². The maximum atomic E-state index is 6.13. The van der Waals surface area contributed by atoms with Crippen molar-refractivity contribution >= 4 is 0 Å². The summed E-state index contributed by atoms with van der Waals surface area (Å²) in [6.45, 7) is 4.70. The first-order chi connectivity index (χ1) is 4.83. The van der Waals surface area contributed by atoms with Crippen LogP contribution in [0.5, 0.6) is 0 Å². The van der Waals surface area contributed by atoms with Crippen LogP contribution in [-0.2, 0) is 26.5 Å². The van der Waals surface area contributed by atoms with E-state index in [9.17, 15) is 0 Å². The van der Waals surface area contributed by atoms with Gasteiger partial charge in [0.15, 0.2) is 0 Å². The van der Waals surface area contributed by atoms with Gasteiger partial charge in [-0.15, -0.1) is 12.2 Å². The minimum Gasteiger partial charge on any atom is -0.648 e. The molecule has 0 N–H and O–H groups in total. The average molecular weight is 202 g/mol. The van der Waals surface area contributed by atoms with Gasteiger partial charge in [0.2, 0.25) is 0 Å². The van der Waals surface area contributed by atoms with E-state index < -0.39 is 0 Å². The predicted octanol–water partition coefficient (Wildman–Crippen LogP) is 1.14. The first kappa shape index (κ1) is 16.7. The smallest absolute Gasteiger partial charge is 0.648 e. The molecule has 3 heteroatoms. The molecule has 11 heavy (non-hydrogen) atoms. The van der Waals surface area contributed by atoms with Gasteiger partial charge < -0.3 is 22.3 Å². The van der Waals surface area contributed by atoms with Crippen LogP contribution in [0.4, 0.5) is 0 Å². The molecule has 0 aromatic heterocycles. The minimum atomic E-state index is 0. The summed E-state index contributed by atoms with van der Waals surface area (Å²) in [6.07, 6.45) is 15.8. The van der Waals surface area contributed by atoms with Crippen molar-refractivity contribution in [1.82, 2.24) is 0 Å². The Morgan fingerprint density at radius 1 is 1.00 bits per heavy atom. The molecule has 2 nitrogen and oxygen atoms in total. The second-order valence-electron chi connectivity index (χ2n) is 1.07. The molecule has 0 atom stereocenters. The largest absolute Gasteiger partial charge is 2.00 e. The second-order valence-corrected chi connectivity index (χ2v) is 1.07. The molecule has 0 fully saturated rings. The zero-order chi connectivity index (χ0) is 8.24. The van der Waals surface area contributed by atoms with E-state index in [1.165, 1.54) is 0 Å². The summed E-state index contributed by atoms with van der Waals surface area (Å²) in [5.41, 5.74) is 0. The van der Waals surface area contributed by atoms with Crippen molar-refractivity contribution in [3.63, 3.8) is 0 Å². The Morgan fingerprint density at radius 3 is 1.27 bits per heavy atom. The maximum absolute atomic E-state index is 6.13. The molecule has 0 unspecified atom stereocenters. The Kier molecular flexibility index (Phi) is 34.6. The number of rotatable bonds is 2. The van der Waals surface area contributed by atoms with Crippen LogP contribution in [0.3, 0.4) is 0 Å². The molecule has 0 spiro atoms. The van der Waals surface area contributed by atoms with E-state index in [4.69, 9.17) is 12.8 Å². The van der Waals surface area contributed by atoms with Crippen LogP contribution in [0.15, 0.2) is 0 Å². The van der Waals surface area contributed by atoms with Crippen LogP contribution in [0.2, 0.25) is 0 Å². The normalized spacial score (nSPS) is 5.09. The van der Waals surface area contributed by atoms with E-state index in [1.54, 1.807) is 12.2 Å². The summed E-state index contributed by atoms with van der Waals surface area (Å²) >= 11 is 0. The molecule has 0 aliphatic rings. The monoisotopic (exact) mass is 201 g/mol. The van der Waals surface area contributed by atoms with Crippen LogP contribution >= 0.6 is 0 Å². The second kappa shape index (κ2) is 22.8. The van der Waals surface area contributed by atoms with Crippen molar-refractivity contribution in [2.24, 2.45) is 0 Å². The van der Waals surface area contributed by atoms with E-state index in [0.717, 1.165) is 0 Å². The summed E-state index contributed by atoms with van der Waals surface area (Å²) in [5, 5.41) is 0. The molecule has 0 aromatic carbocycles. The minimum absolute atomic E-state index is 0. The van der Waals surface area contributed by atoms with Crippen LogP contribution in [0, 0.1) is 25.1 Å². The van der Waals surface area contributed by atoms with E-state index in [0.29, 0.717) is 13.2 Å². The predicted molar refractivity (Wildman–Crippen MR) is 37.5 cm³/mol. The molecule has 0 rings (SSSR count). The van der Waals surface area contributed by atoms with Gasteiger partial charge in [-0.3, -0.25) is 0 Å². The molecule has 0 saturated heterocycles. The van der Waals surface area contributed by atoms with Gasteiger partial charge >= 0.3 is 17.1 Å². The van der Waals surface area contributed by atoms with Crippen LogP contribution < -0.4 is 0 Å². The van der Waals surface area contributed by atoms with Gasteiger partial charge in [0.25, 0.3) is 0 Å². The molecule has 65 valence electrons. The van der Waals surface area contributed by atoms with Gasteiger partial charge in [0.1, 0.15) is 0 Å². The van der Waals surface area contributed by atoms with Crippen LogP contribution in [0.25, 0.3) is 0 Å². The summed E-state index contributed by atoms with van der Waals surface area (Å²) in [7, 11) is 0. The molecule has 0 aliphatic heterocycles. The van der Waals surface area contributed by atoms with E-state index in [2.05, 4.69) is 9.47 Å². The fourth-order valence-corrected chi connectivity index (χ4v) is 0.144. The van der Waals surface area contributed by atoms with Crippen molar-refractivity contribution in [2.75, 3.05) is 13.2 Å². The van der Waals surface area contributed by atoms with Gasteiger partial charge in [-0.25, -0.2) is 0 Å². The third kappa shape index (κ3) is 46.1. The molecule has 0 amide bonds. The Balaban J connectivity index is -0.000000107. The van der Waals surface area contributed by atoms with E-state index in [1.807, 2.05) is 13.8 Å². The van der Waals surface area contributed by atoms with Crippen molar-refractivity contribution in [2.45, 2.75) is 13.8 Å². The molecule has 1 radical (unpaired) electrons. The fraction of sp³-hybridized carbons (Fsp3) is 0.500. The topological polar surface area (TPSA) is 18.5 Å². The molecule has 0 heterocycles. The van der Waals surface area contributed by atoms with Gasteiger partial charge in [-0.05, 0) is 13.8 Å². The van der Waals surface area contributed by atoms with Gasteiger partial charge in [0, 0.05) is 0 Å². The Morgan fingerprint density at radius 2 is 1.27 bits per heavy atom. The molecular weight excluding hydrogens is 192 g/mol. The summed E-state index contributed by atoms with van der Waals surface area (Å²) < 4.78 is 8.50. The molecule has 0 saturated carbocycles. The van der Waals surface area contributed by atoms with Crippen molar-refractivity contribution < 1.29 is 26.5 Å². The van der Waals surface area contributed by atoms with Crippen molar-refractivity contribution in [3.8, 4) is 12.2 Å². The summed E-state index contributed by atoms with van der Waals surface area (Å²) in [5.74, 6) is 0. The molecule has 0 aromatic rings.